The Labute approximate surface area is 168 Å². The summed E-state index contributed by atoms with van der Waals surface area (Å²) in [5, 5.41) is 11.6. The van der Waals surface area contributed by atoms with E-state index in [0.717, 1.165) is 5.56 Å². The van der Waals surface area contributed by atoms with Crippen LogP contribution in [-0.2, 0) is 0 Å². The molecule has 0 bridgehead atoms. The number of hydrogen-bond donors (Lipinski definition) is 1. The van der Waals surface area contributed by atoms with Crippen LogP contribution in [0.5, 0.6) is 5.75 Å². The molecule has 1 heterocycles. The predicted octanol–water partition coefficient (Wildman–Crippen LogP) is 4.55. The lowest BCUT2D eigenvalue weighted by atomic mass is 10.1. The maximum atomic E-state index is 12.5. The highest BCUT2D eigenvalue weighted by molar-refractivity contribution is 6.04. The quantitative estimate of drug-likeness (QED) is 0.629. The van der Waals surface area contributed by atoms with Gasteiger partial charge in [0.1, 0.15) is 11.9 Å². The fourth-order valence-corrected chi connectivity index (χ4v) is 2.70. The van der Waals surface area contributed by atoms with Crippen LogP contribution >= 0.6 is 0 Å². The molecule has 1 atom stereocenters. The van der Waals surface area contributed by atoms with Gasteiger partial charge in [-0.05, 0) is 49.7 Å². The van der Waals surface area contributed by atoms with E-state index in [2.05, 4.69) is 10.3 Å². The summed E-state index contributed by atoms with van der Waals surface area (Å²) < 4.78 is 5.91. The standard InChI is InChI=1S/C23H19N3O3/c1-15(27)18-5-7-19(8-6-18)16(2)29-22-11-20(13-25-14-22)23(28)26-21-9-3-17(12-24)4-10-21/h3-11,13-14,16H,1-2H3,(H,26,28)/t16-/m1/s1. The Morgan fingerprint density at radius 1 is 1.03 bits per heavy atom. The normalized spacial score (nSPS) is 11.2. The van der Waals surface area contributed by atoms with Crippen molar-refractivity contribution in [1.82, 2.24) is 4.98 Å². The summed E-state index contributed by atoms with van der Waals surface area (Å²) in [5.74, 6) is 0.141. The van der Waals surface area contributed by atoms with E-state index in [4.69, 9.17) is 10.00 Å². The van der Waals surface area contributed by atoms with E-state index in [-0.39, 0.29) is 17.8 Å². The summed E-state index contributed by atoms with van der Waals surface area (Å²) in [4.78, 5) is 27.9. The number of carbonyl (C=O) groups is 2. The smallest absolute Gasteiger partial charge is 0.257 e. The summed E-state index contributed by atoms with van der Waals surface area (Å²) in [7, 11) is 0. The lowest BCUT2D eigenvalue weighted by molar-refractivity contribution is 0.101. The van der Waals surface area contributed by atoms with Crippen molar-refractivity contribution < 1.29 is 14.3 Å². The van der Waals surface area contributed by atoms with E-state index in [1.54, 1.807) is 48.7 Å². The highest BCUT2D eigenvalue weighted by atomic mass is 16.5. The number of ether oxygens (including phenoxy) is 1. The number of rotatable bonds is 6. The molecule has 0 aliphatic rings. The molecule has 6 nitrogen and oxygen atoms in total. The first-order valence-electron chi connectivity index (χ1n) is 9.00. The summed E-state index contributed by atoms with van der Waals surface area (Å²) in [6.45, 7) is 3.40. The number of pyridine rings is 1. The zero-order chi connectivity index (χ0) is 20.8. The lowest BCUT2D eigenvalue weighted by Gasteiger charge is -2.15. The largest absolute Gasteiger partial charge is 0.484 e. The van der Waals surface area contributed by atoms with E-state index >= 15 is 0 Å². The van der Waals surface area contributed by atoms with Crippen molar-refractivity contribution in [3.8, 4) is 11.8 Å². The fourth-order valence-electron chi connectivity index (χ4n) is 2.70. The molecule has 29 heavy (non-hydrogen) atoms. The molecule has 3 rings (SSSR count). The number of ketones is 1. The molecular weight excluding hydrogens is 366 g/mol. The van der Waals surface area contributed by atoms with Crippen LogP contribution < -0.4 is 10.1 Å². The number of carbonyl (C=O) groups excluding carboxylic acids is 2. The van der Waals surface area contributed by atoms with E-state index in [9.17, 15) is 9.59 Å². The Morgan fingerprint density at radius 2 is 1.72 bits per heavy atom. The van der Waals surface area contributed by atoms with Crippen molar-refractivity contribution >= 4 is 17.4 Å². The van der Waals surface area contributed by atoms with Crippen LogP contribution in [0.15, 0.2) is 67.0 Å². The van der Waals surface area contributed by atoms with E-state index in [0.29, 0.717) is 28.1 Å². The van der Waals surface area contributed by atoms with Gasteiger partial charge in [0.2, 0.25) is 0 Å². The first-order valence-corrected chi connectivity index (χ1v) is 9.00. The van der Waals surface area contributed by atoms with Crippen molar-refractivity contribution in [2.24, 2.45) is 0 Å². The molecule has 144 valence electrons. The molecule has 1 N–H and O–H groups in total. The van der Waals surface area contributed by atoms with Gasteiger partial charge in [0.15, 0.2) is 5.78 Å². The Morgan fingerprint density at radius 3 is 2.34 bits per heavy atom. The lowest BCUT2D eigenvalue weighted by Crippen LogP contribution is -2.12. The highest BCUT2D eigenvalue weighted by Gasteiger charge is 2.12. The molecule has 0 aliphatic carbocycles. The summed E-state index contributed by atoms with van der Waals surface area (Å²) in [6.07, 6.45) is 2.71. The second kappa shape index (κ2) is 8.81. The predicted molar refractivity (Wildman–Crippen MR) is 109 cm³/mol. The Bertz CT molecular complexity index is 1070. The van der Waals surface area contributed by atoms with Gasteiger partial charge in [-0.3, -0.25) is 14.6 Å². The molecule has 1 amide bonds. The molecule has 0 fully saturated rings. The summed E-state index contributed by atoms with van der Waals surface area (Å²) in [5.41, 5.74) is 3.00. The molecule has 3 aromatic rings. The van der Waals surface area contributed by atoms with E-state index in [1.165, 1.54) is 13.1 Å². The van der Waals surface area contributed by atoms with Crippen molar-refractivity contribution in [1.29, 1.82) is 5.26 Å². The number of Topliss-reactive ketones (excluding diaryl/α,β-unsaturated/α-hetero) is 1. The zero-order valence-electron chi connectivity index (χ0n) is 16.0. The second-order valence-corrected chi connectivity index (χ2v) is 6.49. The van der Waals surface area contributed by atoms with Crippen molar-refractivity contribution in [2.75, 3.05) is 5.32 Å². The van der Waals surface area contributed by atoms with Gasteiger partial charge in [-0.15, -0.1) is 0 Å². The molecule has 0 spiro atoms. The van der Waals surface area contributed by atoms with E-state index < -0.39 is 0 Å². The molecule has 0 saturated heterocycles. The zero-order valence-corrected chi connectivity index (χ0v) is 16.0. The van der Waals surface area contributed by atoms with Crippen molar-refractivity contribution in [3.63, 3.8) is 0 Å². The van der Waals surface area contributed by atoms with Crippen LogP contribution in [0, 0.1) is 11.3 Å². The van der Waals surface area contributed by atoms with Gasteiger partial charge in [-0.1, -0.05) is 24.3 Å². The van der Waals surface area contributed by atoms with Gasteiger partial charge in [0, 0.05) is 17.4 Å². The van der Waals surface area contributed by atoms with Crippen LogP contribution in [-0.4, -0.2) is 16.7 Å². The maximum Gasteiger partial charge on any atom is 0.257 e. The number of nitrogens with one attached hydrogen (secondary N) is 1. The van der Waals surface area contributed by atoms with Crippen molar-refractivity contribution in [3.05, 3.63) is 89.2 Å². The average Bonchev–Trinajstić information content (AvgIpc) is 2.74. The van der Waals surface area contributed by atoms with Gasteiger partial charge in [-0.25, -0.2) is 0 Å². The minimum absolute atomic E-state index is 0.00954. The molecule has 2 aromatic carbocycles. The van der Waals surface area contributed by atoms with Gasteiger partial charge in [-0.2, -0.15) is 5.26 Å². The number of hydrogen-bond acceptors (Lipinski definition) is 5. The molecule has 0 unspecified atom stereocenters. The Balaban J connectivity index is 1.68. The van der Waals surface area contributed by atoms with Crippen LogP contribution in [0.4, 0.5) is 5.69 Å². The van der Waals surface area contributed by atoms with Gasteiger partial charge in [0.25, 0.3) is 5.91 Å². The highest BCUT2D eigenvalue weighted by Crippen LogP contribution is 2.23. The minimum atomic E-state index is -0.328. The number of nitriles is 1. The number of amides is 1. The van der Waals surface area contributed by atoms with Gasteiger partial charge < -0.3 is 10.1 Å². The fraction of sp³-hybridized carbons (Fsp3) is 0.130. The van der Waals surface area contributed by atoms with Crippen LogP contribution in [0.3, 0.4) is 0 Å². The van der Waals surface area contributed by atoms with E-state index in [1.807, 2.05) is 25.1 Å². The molecule has 1 aromatic heterocycles. The molecule has 6 heteroatoms. The van der Waals surface area contributed by atoms with Crippen molar-refractivity contribution in [2.45, 2.75) is 20.0 Å². The molecule has 0 saturated carbocycles. The van der Waals surface area contributed by atoms with Gasteiger partial charge in [0.05, 0.1) is 23.4 Å². The van der Waals surface area contributed by atoms with Gasteiger partial charge >= 0.3 is 0 Å². The topological polar surface area (TPSA) is 92.1 Å². The molecule has 0 aliphatic heterocycles. The van der Waals surface area contributed by atoms with Crippen LogP contribution in [0.1, 0.15) is 51.8 Å². The number of benzene rings is 2. The number of nitrogens with zero attached hydrogens (tertiary/aromatic N) is 2. The summed E-state index contributed by atoms with van der Waals surface area (Å²) >= 11 is 0. The first-order chi connectivity index (χ1) is 14.0. The number of anilines is 1. The van der Waals surface area contributed by atoms with Crippen LogP contribution in [0.25, 0.3) is 0 Å². The monoisotopic (exact) mass is 385 g/mol. The second-order valence-electron chi connectivity index (χ2n) is 6.49. The Kier molecular flexibility index (Phi) is 6.00. The maximum absolute atomic E-state index is 12.5. The number of aromatic nitrogens is 1. The third kappa shape index (κ3) is 5.05. The SMILES string of the molecule is CC(=O)c1ccc([C@@H](C)Oc2cncc(C(=O)Nc3ccc(C#N)cc3)c2)cc1. The summed E-state index contributed by atoms with van der Waals surface area (Å²) in [6, 6.07) is 17.4. The molecule has 0 radical (unpaired) electrons. The first kappa shape index (κ1) is 19.8. The third-order valence-corrected chi connectivity index (χ3v) is 4.35. The minimum Gasteiger partial charge on any atom is -0.484 e. The third-order valence-electron chi connectivity index (χ3n) is 4.35. The average molecular weight is 385 g/mol. The molecular formula is C23H19N3O3. The Hall–Kier alpha value is -3.98. The van der Waals surface area contributed by atoms with Crippen LogP contribution in [0.2, 0.25) is 0 Å².